The van der Waals surface area contributed by atoms with E-state index >= 15 is 0 Å². The highest BCUT2D eigenvalue weighted by molar-refractivity contribution is 5.92. The third-order valence-electron chi connectivity index (χ3n) is 4.79. The summed E-state index contributed by atoms with van der Waals surface area (Å²) in [6, 6.07) is 0. The number of methoxy groups -OCH3 is 1. The summed E-state index contributed by atoms with van der Waals surface area (Å²) in [5, 5.41) is 0. The number of hydrogen-bond acceptors (Lipinski definition) is 2. The van der Waals surface area contributed by atoms with Crippen LogP contribution < -0.4 is 0 Å². The normalized spacial score (nSPS) is 19.3. The molecule has 2 unspecified atom stereocenters. The Morgan fingerprint density at radius 3 is 2.25 bits per heavy atom. The molecular formula is C18H32O2. The Labute approximate surface area is 125 Å². The standard InChI is InChI=1S/C18H32O2/c1-5-9-15(6-2)18(20-4)13-17(19)16(7-3)12-14-10-8-11-14/h13-16H,5-12H2,1-4H3/b18-13-. The maximum Gasteiger partial charge on any atom is 0.162 e. The third kappa shape index (κ3) is 4.96. The fourth-order valence-electron chi connectivity index (χ4n) is 3.11. The second kappa shape index (κ2) is 9.20. The predicted molar refractivity (Wildman–Crippen MR) is 84.5 cm³/mol. The largest absolute Gasteiger partial charge is 0.501 e. The number of carbonyl (C=O) groups excluding carboxylic acids is 1. The van der Waals surface area contributed by atoms with Crippen LogP contribution in [-0.2, 0) is 9.53 Å². The topological polar surface area (TPSA) is 26.3 Å². The number of allylic oxidation sites excluding steroid dienone is 2. The molecule has 0 aliphatic heterocycles. The first kappa shape index (κ1) is 17.3. The van der Waals surface area contributed by atoms with Gasteiger partial charge >= 0.3 is 0 Å². The minimum absolute atomic E-state index is 0.199. The quantitative estimate of drug-likeness (QED) is 0.409. The summed E-state index contributed by atoms with van der Waals surface area (Å²) in [5.74, 6) is 2.57. The van der Waals surface area contributed by atoms with E-state index in [0.29, 0.717) is 5.92 Å². The monoisotopic (exact) mass is 280 g/mol. The van der Waals surface area contributed by atoms with Gasteiger partial charge < -0.3 is 4.74 Å². The number of ether oxygens (including phenoxy) is 1. The van der Waals surface area contributed by atoms with Crippen molar-refractivity contribution >= 4 is 5.78 Å². The van der Waals surface area contributed by atoms with Crippen LogP contribution in [0.2, 0.25) is 0 Å². The second-order valence-corrected chi connectivity index (χ2v) is 6.18. The molecule has 2 heteroatoms. The highest BCUT2D eigenvalue weighted by Crippen LogP contribution is 2.34. The van der Waals surface area contributed by atoms with Gasteiger partial charge in [-0.05, 0) is 31.6 Å². The highest BCUT2D eigenvalue weighted by Gasteiger charge is 2.25. The van der Waals surface area contributed by atoms with Crippen LogP contribution >= 0.6 is 0 Å². The molecule has 0 amide bonds. The van der Waals surface area contributed by atoms with Crippen LogP contribution in [0, 0.1) is 17.8 Å². The van der Waals surface area contributed by atoms with E-state index in [4.69, 9.17) is 4.74 Å². The molecule has 1 aliphatic carbocycles. The van der Waals surface area contributed by atoms with Crippen LogP contribution in [0.3, 0.4) is 0 Å². The lowest BCUT2D eigenvalue weighted by Gasteiger charge is -2.28. The molecule has 2 atom stereocenters. The van der Waals surface area contributed by atoms with E-state index in [1.807, 2.05) is 0 Å². The molecule has 0 aromatic carbocycles. The molecule has 1 saturated carbocycles. The molecule has 0 bridgehead atoms. The molecule has 20 heavy (non-hydrogen) atoms. The first-order valence-corrected chi connectivity index (χ1v) is 8.45. The number of carbonyl (C=O) groups is 1. The Morgan fingerprint density at radius 2 is 1.85 bits per heavy atom. The van der Waals surface area contributed by atoms with E-state index in [1.54, 1.807) is 13.2 Å². The molecular weight excluding hydrogens is 248 g/mol. The molecule has 2 nitrogen and oxygen atoms in total. The molecule has 1 rings (SSSR count). The van der Waals surface area contributed by atoms with Gasteiger partial charge in [-0.2, -0.15) is 0 Å². The van der Waals surface area contributed by atoms with Crippen molar-refractivity contribution in [2.24, 2.45) is 17.8 Å². The summed E-state index contributed by atoms with van der Waals surface area (Å²) in [5.41, 5.74) is 0. The van der Waals surface area contributed by atoms with Crippen molar-refractivity contribution in [2.75, 3.05) is 7.11 Å². The van der Waals surface area contributed by atoms with Gasteiger partial charge in [0, 0.05) is 17.9 Å². The van der Waals surface area contributed by atoms with Gasteiger partial charge in [-0.15, -0.1) is 0 Å². The molecule has 0 radical (unpaired) electrons. The summed E-state index contributed by atoms with van der Waals surface area (Å²) >= 11 is 0. The van der Waals surface area contributed by atoms with Crippen LogP contribution in [0.1, 0.15) is 72.1 Å². The molecule has 0 aromatic heterocycles. The highest BCUT2D eigenvalue weighted by atomic mass is 16.5. The average molecular weight is 280 g/mol. The lowest BCUT2D eigenvalue weighted by Crippen LogP contribution is -2.21. The zero-order valence-corrected chi connectivity index (χ0v) is 13.8. The zero-order valence-electron chi connectivity index (χ0n) is 13.8. The average Bonchev–Trinajstić information content (AvgIpc) is 2.41. The summed E-state index contributed by atoms with van der Waals surface area (Å²) in [6.45, 7) is 6.48. The maximum atomic E-state index is 12.5. The van der Waals surface area contributed by atoms with Crippen molar-refractivity contribution in [1.82, 2.24) is 0 Å². The van der Waals surface area contributed by atoms with Gasteiger partial charge in [-0.25, -0.2) is 0 Å². The van der Waals surface area contributed by atoms with Crippen molar-refractivity contribution in [3.8, 4) is 0 Å². The van der Waals surface area contributed by atoms with Crippen molar-refractivity contribution < 1.29 is 9.53 Å². The maximum absolute atomic E-state index is 12.5. The van der Waals surface area contributed by atoms with Crippen LogP contribution in [0.4, 0.5) is 0 Å². The van der Waals surface area contributed by atoms with Crippen molar-refractivity contribution in [3.63, 3.8) is 0 Å². The molecule has 1 aliphatic rings. The number of rotatable bonds is 10. The van der Waals surface area contributed by atoms with Gasteiger partial charge in [-0.1, -0.05) is 46.5 Å². The number of ketones is 1. The van der Waals surface area contributed by atoms with Crippen LogP contribution in [-0.4, -0.2) is 12.9 Å². The minimum Gasteiger partial charge on any atom is -0.501 e. The van der Waals surface area contributed by atoms with E-state index in [2.05, 4.69) is 20.8 Å². The van der Waals surface area contributed by atoms with E-state index in [0.717, 1.165) is 43.8 Å². The van der Waals surface area contributed by atoms with E-state index in [9.17, 15) is 4.79 Å². The van der Waals surface area contributed by atoms with Crippen LogP contribution in [0.15, 0.2) is 11.8 Å². The molecule has 0 aromatic rings. The molecule has 0 heterocycles. The Morgan fingerprint density at radius 1 is 1.20 bits per heavy atom. The second-order valence-electron chi connectivity index (χ2n) is 6.18. The Hall–Kier alpha value is -0.790. The van der Waals surface area contributed by atoms with E-state index in [1.165, 1.54) is 19.3 Å². The minimum atomic E-state index is 0.199. The van der Waals surface area contributed by atoms with Crippen LogP contribution in [0.5, 0.6) is 0 Å². The predicted octanol–water partition coefficient (Wildman–Crippen LogP) is 5.13. The Bertz CT molecular complexity index is 315. The summed E-state index contributed by atoms with van der Waals surface area (Å²) in [7, 11) is 1.70. The third-order valence-corrected chi connectivity index (χ3v) is 4.79. The Balaban J connectivity index is 2.66. The summed E-state index contributed by atoms with van der Waals surface area (Å²) < 4.78 is 5.51. The van der Waals surface area contributed by atoms with E-state index < -0.39 is 0 Å². The van der Waals surface area contributed by atoms with Gasteiger partial charge in [0.05, 0.1) is 7.11 Å². The van der Waals surface area contributed by atoms with Gasteiger partial charge in [0.1, 0.15) is 5.76 Å². The van der Waals surface area contributed by atoms with E-state index in [-0.39, 0.29) is 11.7 Å². The number of hydrogen-bond donors (Lipinski definition) is 0. The fourth-order valence-corrected chi connectivity index (χ4v) is 3.11. The molecule has 116 valence electrons. The lowest BCUT2D eigenvalue weighted by molar-refractivity contribution is -0.119. The Kier molecular flexibility index (Phi) is 7.94. The van der Waals surface area contributed by atoms with Crippen molar-refractivity contribution in [1.29, 1.82) is 0 Å². The first-order chi connectivity index (χ1) is 9.65. The molecule has 1 fully saturated rings. The van der Waals surface area contributed by atoms with Gasteiger partial charge in [-0.3, -0.25) is 4.79 Å². The smallest absolute Gasteiger partial charge is 0.162 e. The molecule has 0 N–H and O–H groups in total. The molecule has 0 spiro atoms. The van der Waals surface area contributed by atoms with Crippen molar-refractivity contribution in [3.05, 3.63) is 11.8 Å². The zero-order chi connectivity index (χ0) is 15.0. The first-order valence-electron chi connectivity index (χ1n) is 8.45. The fraction of sp³-hybridized carbons (Fsp3) is 0.833. The lowest BCUT2D eigenvalue weighted by atomic mass is 9.77. The van der Waals surface area contributed by atoms with Gasteiger partial charge in [0.25, 0.3) is 0 Å². The SMILES string of the molecule is CCCC(CC)/C(=C/C(=O)C(CC)CC1CCC1)OC. The summed E-state index contributed by atoms with van der Waals surface area (Å²) in [4.78, 5) is 12.5. The van der Waals surface area contributed by atoms with Gasteiger partial charge in [0.15, 0.2) is 5.78 Å². The molecule has 0 saturated heterocycles. The van der Waals surface area contributed by atoms with Crippen LogP contribution in [0.25, 0.3) is 0 Å². The van der Waals surface area contributed by atoms with Crippen molar-refractivity contribution in [2.45, 2.75) is 72.1 Å². The van der Waals surface area contributed by atoms with Gasteiger partial charge in [0.2, 0.25) is 0 Å². The summed E-state index contributed by atoms with van der Waals surface area (Å²) in [6.07, 6.45) is 11.1.